The standard InChI is InChI=1S/C16H18F3N3O5S/c17-16(18,19)15(25)22-5-4-21-14(24)11-2-1-3-12(8-11)27-9-13(28-10-20)26-7-6-23/h1-3,8,13,23H,4-7,9H2,(H,21,24)(H,22,25). The summed E-state index contributed by atoms with van der Waals surface area (Å²) in [5.41, 5.74) is -0.438. The molecule has 1 atom stereocenters. The van der Waals surface area contributed by atoms with Crippen LogP contribution in [0.2, 0.25) is 0 Å². The van der Waals surface area contributed by atoms with Crippen molar-refractivity contribution < 1.29 is 37.3 Å². The van der Waals surface area contributed by atoms with E-state index in [1.54, 1.807) is 11.4 Å². The number of aliphatic hydroxyl groups is 1. The van der Waals surface area contributed by atoms with Crippen molar-refractivity contribution in [2.24, 2.45) is 0 Å². The number of nitrogens with one attached hydrogen (secondary N) is 2. The van der Waals surface area contributed by atoms with E-state index in [1.807, 2.05) is 5.40 Å². The third-order valence-corrected chi connectivity index (χ3v) is 3.66. The molecule has 1 rings (SSSR count). The van der Waals surface area contributed by atoms with Gasteiger partial charge < -0.3 is 25.2 Å². The summed E-state index contributed by atoms with van der Waals surface area (Å²) in [6, 6.07) is 5.99. The molecule has 154 valence electrons. The van der Waals surface area contributed by atoms with Gasteiger partial charge in [0.15, 0.2) is 5.44 Å². The van der Waals surface area contributed by atoms with Gasteiger partial charge in [0.1, 0.15) is 17.8 Å². The van der Waals surface area contributed by atoms with E-state index in [4.69, 9.17) is 19.8 Å². The Kier molecular flexibility index (Phi) is 10.1. The number of nitrogens with zero attached hydrogens (tertiary/aromatic N) is 1. The van der Waals surface area contributed by atoms with Crippen molar-refractivity contribution in [2.45, 2.75) is 11.6 Å². The molecule has 0 saturated carbocycles. The van der Waals surface area contributed by atoms with Crippen LogP contribution in [-0.2, 0) is 9.53 Å². The minimum Gasteiger partial charge on any atom is -0.490 e. The van der Waals surface area contributed by atoms with Gasteiger partial charge in [0.25, 0.3) is 5.91 Å². The summed E-state index contributed by atoms with van der Waals surface area (Å²) in [5, 5.41) is 23.3. The number of benzene rings is 1. The highest BCUT2D eigenvalue weighted by atomic mass is 32.2. The van der Waals surface area contributed by atoms with Crippen molar-refractivity contribution in [3.63, 3.8) is 0 Å². The van der Waals surface area contributed by atoms with E-state index in [1.165, 1.54) is 18.2 Å². The molecule has 8 nitrogen and oxygen atoms in total. The topological polar surface area (TPSA) is 121 Å². The molecular weight excluding hydrogens is 403 g/mol. The molecule has 1 aromatic carbocycles. The van der Waals surface area contributed by atoms with E-state index in [2.05, 4.69) is 5.32 Å². The molecule has 28 heavy (non-hydrogen) atoms. The van der Waals surface area contributed by atoms with Crippen molar-refractivity contribution >= 4 is 23.6 Å². The first-order valence-electron chi connectivity index (χ1n) is 7.91. The van der Waals surface area contributed by atoms with Crippen LogP contribution in [0.25, 0.3) is 0 Å². The van der Waals surface area contributed by atoms with E-state index >= 15 is 0 Å². The number of carbonyl (C=O) groups excluding carboxylic acids is 2. The van der Waals surface area contributed by atoms with Gasteiger partial charge in [0.05, 0.1) is 13.2 Å². The summed E-state index contributed by atoms with van der Waals surface area (Å²) in [6.45, 7) is -0.748. The van der Waals surface area contributed by atoms with Gasteiger partial charge in [0, 0.05) is 18.7 Å². The summed E-state index contributed by atoms with van der Waals surface area (Å²) in [6.07, 6.45) is -4.97. The first-order valence-corrected chi connectivity index (χ1v) is 8.79. The van der Waals surface area contributed by atoms with E-state index in [0.717, 1.165) is 11.8 Å². The molecule has 0 saturated heterocycles. The number of thioether (sulfide) groups is 1. The van der Waals surface area contributed by atoms with Crippen molar-refractivity contribution in [3.8, 4) is 11.2 Å². The molecule has 1 unspecified atom stereocenters. The highest BCUT2D eigenvalue weighted by Crippen LogP contribution is 2.17. The van der Waals surface area contributed by atoms with Crippen molar-refractivity contribution in [3.05, 3.63) is 29.8 Å². The average molecular weight is 421 g/mol. The summed E-state index contributed by atoms with van der Waals surface area (Å²) in [7, 11) is 0. The van der Waals surface area contributed by atoms with E-state index in [-0.39, 0.29) is 38.5 Å². The van der Waals surface area contributed by atoms with Crippen LogP contribution >= 0.6 is 11.8 Å². The predicted molar refractivity (Wildman–Crippen MR) is 93.4 cm³/mol. The van der Waals surface area contributed by atoms with E-state index in [9.17, 15) is 22.8 Å². The highest BCUT2D eigenvalue weighted by molar-refractivity contribution is 8.04. The Morgan fingerprint density at radius 1 is 1.29 bits per heavy atom. The molecule has 0 spiro atoms. The van der Waals surface area contributed by atoms with Crippen LogP contribution in [0.15, 0.2) is 24.3 Å². The van der Waals surface area contributed by atoms with Crippen LogP contribution < -0.4 is 15.4 Å². The Labute approximate surface area is 163 Å². The van der Waals surface area contributed by atoms with Crippen molar-refractivity contribution in [1.29, 1.82) is 5.26 Å². The van der Waals surface area contributed by atoms with Crippen LogP contribution in [0.5, 0.6) is 5.75 Å². The number of amides is 2. The average Bonchev–Trinajstić information content (AvgIpc) is 2.66. The maximum Gasteiger partial charge on any atom is 0.471 e. The largest absolute Gasteiger partial charge is 0.490 e. The number of thiocyanates is 1. The van der Waals surface area contributed by atoms with Gasteiger partial charge in [-0.25, -0.2) is 0 Å². The number of rotatable bonds is 11. The second-order valence-corrected chi connectivity index (χ2v) is 6.03. The molecule has 0 aliphatic rings. The van der Waals surface area contributed by atoms with Crippen molar-refractivity contribution in [2.75, 3.05) is 32.9 Å². The smallest absolute Gasteiger partial charge is 0.471 e. The second kappa shape index (κ2) is 12.1. The van der Waals surface area contributed by atoms with Crippen LogP contribution in [0.4, 0.5) is 13.2 Å². The van der Waals surface area contributed by atoms with Gasteiger partial charge in [0.2, 0.25) is 0 Å². The lowest BCUT2D eigenvalue weighted by molar-refractivity contribution is -0.173. The fourth-order valence-corrected chi connectivity index (χ4v) is 2.22. The lowest BCUT2D eigenvalue weighted by atomic mass is 10.2. The van der Waals surface area contributed by atoms with E-state index < -0.39 is 23.4 Å². The maximum absolute atomic E-state index is 12.0. The third-order valence-electron chi connectivity index (χ3n) is 3.02. The minimum atomic E-state index is -4.97. The molecule has 0 radical (unpaired) electrons. The maximum atomic E-state index is 12.0. The lowest BCUT2D eigenvalue weighted by Crippen LogP contribution is -2.41. The van der Waals surface area contributed by atoms with Gasteiger partial charge in [-0.1, -0.05) is 6.07 Å². The zero-order valence-electron chi connectivity index (χ0n) is 14.5. The van der Waals surface area contributed by atoms with Crippen LogP contribution in [0.3, 0.4) is 0 Å². The van der Waals surface area contributed by atoms with Gasteiger partial charge in [-0.05, 0) is 30.0 Å². The Bertz CT molecular complexity index is 697. The number of halogens is 3. The number of nitriles is 1. The molecule has 0 bridgehead atoms. The molecule has 0 aromatic heterocycles. The summed E-state index contributed by atoms with van der Waals surface area (Å²) >= 11 is 0.817. The summed E-state index contributed by atoms with van der Waals surface area (Å²) < 4.78 is 46.8. The van der Waals surface area contributed by atoms with Gasteiger partial charge >= 0.3 is 12.1 Å². The molecule has 12 heteroatoms. The molecular formula is C16H18F3N3O5S. The number of ether oxygens (including phenoxy) is 2. The molecule has 1 aromatic rings. The Morgan fingerprint density at radius 3 is 2.64 bits per heavy atom. The second-order valence-electron chi connectivity index (χ2n) is 5.08. The zero-order valence-corrected chi connectivity index (χ0v) is 15.3. The molecule has 0 heterocycles. The number of alkyl halides is 3. The van der Waals surface area contributed by atoms with Gasteiger partial charge in [-0.3, -0.25) is 9.59 Å². The van der Waals surface area contributed by atoms with Crippen molar-refractivity contribution in [1.82, 2.24) is 10.6 Å². The fraction of sp³-hybridized carbons (Fsp3) is 0.438. The van der Waals surface area contributed by atoms with Gasteiger partial charge in [-0.15, -0.1) is 0 Å². The minimum absolute atomic E-state index is 0.00717. The predicted octanol–water partition coefficient (Wildman–Crippen LogP) is 1.02. The molecule has 0 aliphatic carbocycles. The zero-order chi connectivity index (χ0) is 21.0. The Morgan fingerprint density at radius 2 is 2.00 bits per heavy atom. The highest BCUT2D eigenvalue weighted by Gasteiger charge is 2.38. The SMILES string of the molecule is N#CSC(COc1cccc(C(=O)NCCNC(=O)C(F)(F)F)c1)OCCO. The Balaban J connectivity index is 2.49. The van der Waals surface area contributed by atoms with E-state index in [0.29, 0.717) is 5.75 Å². The normalized spacial score (nSPS) is 12.0. The quantitative estimate of drug-likeness (QED) is 0.277. The molecule has 3 N–H and O–H groups in total. The first-order chi connectivity index (χ1) is 13.3. The summed E-state index contributed by atoms with van der Waals surface area (Å²) in [5.74, 6) is -2.33. The number of carbonyl (C=O) groups is 2. The van der Waals surface area contributed by atoms with Crippen LogP contribution in [0.1, 0.15) is 10.4 Å². The monoisotopic (exact) mass is 421 g/mol. The fourth-order valence-electron chi connectivity index (χ4n) is 1.80. The third kappa shape index (κ3) is 8.94. The van der Waals surface area contributed by atoms with Crippen LogP contribution in [0, 0.1) is 10.7 Å². The lowest BCUT2D eigenvalue weighted by Gasteiger charge is -2.15. The van der Waals surface area contributed by atoms with Gasteiger partial charge in [-0.2, -0.15) is 18.4 Å². The Hall–Kier alpha value is -2.49. The first kappa shape index (κ1) is 23.5. The summed E-state index contributed by atoms with van der Waals surface area (Å²) in [4.78, 5) is 22.7. The molecule has 0 aliphatic heterocycles. The molecule has 2 amide bonds. The molecule has 0 fully saturated rings. The number of hydrogen-bond donors (Lipinski definition) is 3. The number of hydrogen-bond acceptors (Lipinski definition) is 7. The van der Waals surface area contributed by atoms with Crippen LogP contribution in [-0.4, -0.2) is 61.4 Å². The number of aliphatic hydroxyl groups excluding tert-OH is 1.